The van der Waals surface area contributed by atoms with Gasteiger partial charge in [-0.1, -0.05) is 104 Å². The third kappa shape index (κ3) is 9.84. The van der Waals surface area contributed by atoms with Crippen LogP contribution in [0.1, 0.15) is 86.6 Å². The van der Waals surface area contributed by atoms with Gasteiger partial charge in [0.15, 0.2) is 0 Å². The van der Waals surface area contributed by atoms with E-state index in [1.807, 2.05) is 48.5 Å². The summed E-state index contributed by atoms with van der Waals surface area (Å²) in [5.74, 6) is 1.34. The fourth-order valence-electron chi connectivity index (χ4n) is 5.59. The van der Waals surface area contributed by atoms with Crippen LogP contribution in [0.15, 0.2) is 78.0 Å². The molecule has 0 saturated carbocycles. The zero-order valence-electron chi connectivity index (χ0n) is 25.0. The van der Waals surface area contributed by atoms with Crippen molar-refractivity contribution in [2.75, 3.05) is 26.8 Å². The molecular formula is C35H45ClN2O4. The Labute approximate surface area is 256 Å². The highest BCUT2D eigenvalue weighted by molar-refractivity contribution is 6.30. The van der Waals surface area contributed by atoms with E-state index in [1.165, 1.54) is 31.2 Å². The van der Waals surface area contributed by atoms with E-state index >= 15 is 0 Å². The highest BCUT2D eigenvalue weighted by atomic mass is 35.5. The van der Waals surface area contributed by atoms with Gasteiger partial charge in [0.25, 0.3) is 0 Å². The fraction of sp³-hybridized carbons (Fsp3) is 0.457. The first kappa shape index (κ1) is 32.0. The number of likely N-dealkylation sites (tertiary alicyclic amines) is 1. The molecule has 4 rings (SSSR count). The van der Waals surface area contributed by atoms with Crippen LogP contribution in [0.2, 0.25) is 5.02 Å². The van der Waals surface area contributed by atoms with E-state index in [2.05, 4.69) is 41.2 Å². The molecular weight excluding hydrogens is 548 g/mol. The van der Waals surface area contributed by atoms with E-state index < -0.39 is 0 Å². The minimum atomic E-state index is -0.254. The van der Waals surface area contributed by atoms with Crippen molar-refractivity contribution >= 4 is 17.3 Å². The summed E-state index contributed by atoms with van der Waals surface area (Å²) >= 11 is 6.07. The van der Waals surface area contributed by atoms with Crippen molar-refractivity contribution < 1.29 is 19.7 Å². The Balaban J connectivity index is 1.25. The molecule has 7 heteroatoms. The van der Waals surface area contributed by atoms with Crippen molar-refractivity contribution in [3.8, 4) is 5.75 Å². The van der Waals surface area contributed by atoms with Gasteiger partial charge in [0, 0.05) is 22.7 Å². The summed E-state index contributed by atoms with van der Waals surface area (Å²) in [6.07, 6.45) is 8.79. The van der Waals surface area contributed by atoms with E-state index in [0.29, 0.717) is 17.5 Å². The highest BCUT2D eigenvalue weighted by Crippen LogP contribution is 2.27. The number of ether oxygens (including phenoxy) is 1. The van der Waals surface area contributed by atoms with Crippen LogP contribution in [0.3, 0.4) is 0 Å². The molecule has 0 bridgehead atoms. The van der Waals surface area contributed by atoms with Crippen LogP contribution in [0, 0.1) is 5.92 Å². The largest absolute Gasteiger partial charge is 0.493 e. The lowest BCUT2D eigenvalue weighted by Gasteiger charge is -2.32. The molecule has 1 heterocycles. The molecule has 1 atom stereocenters. The zero-order valence-corrected chi connectivity index (χ0v) is 25.8. The molecule has 1 saturated heterocycles. The van der Waals surface area contributed by atoms with Gasteiger partial charge in [-0.15, -0.1) is 0 Å². The van der Waals surface area contributed by atoms with Gasteiger partial charge in [-0.05, 0) is 73.7 Å². The van der Waals surface area contributed by atoms with Gasteiger partial charge in [0.1, 0.15) is 24.7 Å². The van der Waals surface area contributed by atoms with E-state index in [4.69, 9.17) is 26.1 Å². The van der Waals surface area contributed by atoms with Crippen LogP contribution in [0.4, 0.5) is 0 Å². The van der Waals surface area contributed by atoms with Crippen molar-refractivity contribution in [1.29, 1.82) is 0 Å². The van der Waals surface area contributed by atoms with E-state index in [0.717, 1.165) is 73.5 Å². The molecule has 3 aromatic rings. The van der Waals surface area contributed by atoms with Gasteiger partial charge in [-0.25, -0.2) is 4.89 Å². The summed E-state index contributed by atoms with van der Waals surface area (Å²) < 4.78 is 6.26. The molecule has 1 fully saturated rings. The average molecular weight is 593 g/mol. The molecule has 226 valence electrons. The zero-order chi connectivity index (χ0) is 29.6. The maximum Gasteiger partial charge on any atom is 0.119 e. The van der Waals surface area contributed by atoms with Crippen LogP contribution in [0.25, 0.3) is 0 Å². The standard InChI is InChI=1S/C35H45ClN2O4/c1-3-4-5-6-7-14-34(42-39)30-11-8-10-28(23-30)25-38-21-19-27(20-22-38)26-41-33-13-9-12-31(24-33)35(37-40-2)29-15-17-32(36)18-16-29/h8-13,15-18,23-24,27,34,39H,3-7,14,19-22,25-26H2,1-2H3/b37-35-/t34-/m1/s1. The van der Waals surface area contributed by atoms with Crippen LogP contribution in [0.5, 0.6) is 5.75 Å². The summed E-state index contributed by atoms with van der Waals surface area (Å²) in [5, 5.41) is 14.5. The summed E-state index contributed by atoms with van der Waals surface area (Å²) in [7, 11) is 1.55. The lowest BCUT2D eigenvalue weighted by molar-refractivity contribution is -0.283. The Kier molecular flexibility index (Phi) is 13.2. The van der Waals surface area contributed by atoms with Crippen LogP contribution < -0.4 is 4.74 Å². The normalized spacial score (nSPS) is 15.5. The van der Waals surface area contributed by atoms with Crippen LogP contribution in [-0.4, -0.2) is 42.7 Å². The fourth-order valence-corrected chi connectivity index (χ4v) is 5.72. The van der Waals surface area contributed by atoms with E-state index in [9.17, 15) is 5.26 Å². The third-order valence-corrected chi connectivity index (χ3v) is 8.28. The lowest BCUT2D eigenvalue weighted by atomic mass is 9.96. The smallest absolute Gasteiger partial charge is 0.119 e. The molecule has 42 heavy (non-hydrogen) atoms. The molecule has 0 spiro atoms. The summed E-state index contributed by atoms with van der Waals surface area (Å²) in [4.78, 5) is 12.5. The molecule has 1 aliphatic heterocycles. The minimum absolute atomic E-state index is 0.254. The number of hydrogen-bond donors (Lipinski definition) is 1. The first-order valence-electron chi connectivity index (χ1n) is 15.3. The third-order valence-electron chi connectivity index (χ3n) is 8.03. The average Bonchev–Trinajstić information content (AvgIpc) is 3.02. The molecule has 0 radical (unpaired) electrons. The van der Waals surface area contributed by atoms with Gasteiger partial charge < -0.3 is 9.57 Å². The van der Waals surface area contributed by atoms with Gasteiger partial charge in [-0.3, -0.25) is 10.2 Å². The SMILES string of the molecule is CCCCCCC[C@@H](OO)c1cccc(CN2CCC(COc3cccc(/C(=N\OC)c4ccc(Cl)cc4)c3)CC2)c1. The topological polar surface area (TPSA) is 63.5 Å². The predicted octanol–water partition coefficient (Wildman–Crippen LogP) is 8.92. The van der Waals surface area contributed by atoms with Gasteiger partial charge in [-0.2, -0.15) is 0 Å². The number of nitrogens with zero attached hydrogens (tertiary/aromatic N) is 2. The molecule has 0 unspecified atom stereocenters. The number of hydrogen-bond acceptors (Lipinski definition) is 6. The minimum Gasteiger partial charge on any atom is -0.493 e. The molecule has 0 aromatic heterocycles. The number of benzene rings is 3. The van der Waals surface area contributed by atoms with Crippen LogP contribution >= 0.6 is 11.6 Å². The molecule has 1 aliphatic rings. The Morgan fingerprint density at radius 2 is 1.71 bits per heavy atom. The van der Waals surface area contributed by atoms with Gasteiger partial charge in [0.05, 0.1) is 6.61 Å². The Morgan fingerprint density at radius 1 is 0.952 bits per heavy atom. The number of piperidine rings is 1. The first-order chi connectivity index (χ1) is 20.6. The Bertz CT molecular complexity index is 1240. The molecule has 1 N–H and O–H groups in total. The quantitative estimate of drug-likeness (QED) is 0.0778. The number of halogens is 1. The van der Waals surface area contributed by atoms with Crippen LogP contribution in [-0.2, 0) is 16.3 Å². The Hall–Kier alpha value is -2.90. The van der Waals surface area contributed by atoms with E-state index in [-0.39, 0.29) is 6.10 Å². The second-order valence-corrected chi connectivity index (χ2v) is 11.7. The van der Waals surface area contributed by atoms with Crippen molar-refractivity contribution in [2.45, 2.75) is 70.9 Å². The lowest BCUT2D eigenvalue weighted by Crippen LogP contribution is -2.35. The number of unbranched alkanes of at least 4 members (excludes halogenated alkanes) is 4. The molecule has 0 aliphatic carbocycles. The van der Waals surface area contributed by atoms with Crippen molar-refractivity contribution in [3.05, 3.63) is 100 Å². The monoisotopic (exact) mass is 592 g/mol. The van der Waals surface area contributed by atoms with Crippen molar-refractivity contribution in [1.82, 2.24) is 4.90 Å². The number of oxime groups is 1. The van der Waals surface area contributed by atoms with Gasteiger partial charge in [0.2, 0.25) is 0 Å². The van der Waals surface area contributed by atoms with Crippen molar-refractivity contribution in [3.63, 3.8) is 0 Å². The maximum absolute atomic E-state index is 9.55. The Morgan fingerprint density at radius 3 is 2.45 bits per heavy atom. The van der Waals surface area contributed by atoms with Gasteiger partial charge >= 0.3 is 0 Å². The number of rotatable bonds is 16. The second kappa shape index (κ2) is 17.3. The highest BCUT2D eigenvalue weighted by Gasteiger charge is 2.21. The summed E-state index contributed by atoms with van der Waals surface area (Å²) in [5.41, 5.74) is 4.92. The molecule has 3 aromatic carbocycles. The first-order valence-corrected chi connectivity index (χ1v) is 15.7. The summed E-state index contributed by atoms with van der Waals surface area (Å²) in [6.45, 7) is 5.90. The molecule has 0 amide bonds. The van der Waals surface area contributed by atoms with E-state index in [1.54, 1.807) is 7.11 Å². The maximum atomic E-state index is 9.55. The van der Waals surface area contributed by atoms with Crippen molar-refractivity contribution in [2.24, 2.45) is 11.1 Å². The molecule has 6 nitrogen and oxygen atoms in total. The summed E-state index contributed by atoms with van der Waals surface area (Å²) in [6, 6.07) is 24.1. The second-order valence-electron chi connectivity index (χ2n) is 11.2. The predicted molar refractivity (Wildman–Crippen MR) is 170 cm³/mol.